The first-order valence-corrected chi connectivity index (χ1v) is 6.75. The number of nitrogens with zero attached hydrogens (tertiary/aromatic N) is 1. The number of methoxy groups -OCH3 is 2. The lowest BCUT2D eigenvalue weighted by Crippen LogP contribution is -2.00. The van der Waals surface area contributed by atoms with Crippen molar-refractivity contribution in [2.75, 3.05) is 21.0 Å². The summed E-state index contributed by atoms with van der Waals surface area (Å²) in [5.74, 6) is 1.29. The van der Waals surface area contributed by atoms with Crippen LogP contribution in [0.2, 0.25) is 0 Å². The molecule has 4 nitrogen and oxygen atoms in total. The van der Waals surface area contributed by atoms with Gasteiger partial charge < -0.3 is 14.2 Å². The fourth-order valence-corrected chi connectivity index (χ4v) is 1.89. The molecule has 0 unspecified atom stereocenters. The highest BCUT2D eigenvalue weighted by molar-refractivity contribution is 5.71. The molecule has 2 aromatic rings. The highest BCUT2D eigenvalue weighted by atomic mass is 16.7. The maximum atomic E-state index is 8.78. The lowest BCUT2D eigenvalue weighted by Gasteiger charge is -2.10. The number of rotatable bonds is 6. The standard InChI is InChI=1S/C18H17NO3/c1-20-13-22-17-10-9-15(11-18(17)21-2)6-3-14-4-7-16(12-19)8-5-14/h3-11H,13H2,1-2H3. The summed E-state index contributed by atoms with van der Waals surface area (Å²) in [7, 11) is 3.17. The summed E-state index contributed by atoms with van der Waals surface area (Å²) in [6, 6.07) is 15.2. The van der Waals surface area contributed by atoms with Crippen LogP contribution in [-0.2, 0) is 4.74 Å². The minimum atomic E-state index is 0.177. The molecule has 2 aromatic carbocycles. The van der Waals surface area contributed by atoms with Crippen molar-refractivity contribution in [2.24, 2.45) is 0 Å². The van der Waals surface area contributed by atoms with Gasteiger partial charge in [0.1, 0.15) is 0 Å². The van der Waals surface area contributed by atoms with E-state index in [1.165, 1.54) is 0 Å². The van der Waals surface area contributed by atoms with Crippen molar-refractivity contribution in [1.29, 1.82) is 5.26 Å². The van der Waals surface area contributed by atoms with Gasteiger partial charge in [0.2, 0.25) is 0 Å². The zero-order chi connectivity index (χ0) is 15.8. The Hall–Kier alpha value is -2.77. The van der Waals surface area contributed by atoms with Crippen LogP contribution in [0.25, 0.3) is 12.2 Å². The lowest BCUT2D eigenvalue weighted by atomic mass is 10.1. The van der Waals surface area contributed by atoms with Crippen LogP contribution in [-0.4, -0.2) is 21.0 Å². The predicted octanol–water partition coefficient (Wildman–Crippen LogP) is 3.72. The summed E-state index contributed by atoms with van der Waals surface area (Å²) < 4.78 is 15.6. The van der Waals surface area contributed by atoms with Gasteiger partial charge in [-0.05, 0) is 35.4 Å². The molecule has 0 spiro atoms. The first-order chi connectivity index (χ1) is 10.8. The quantitative estimate of drug-likeness (QED) is 0.602. The molecule has 0 N–H and O–H groups in total. The zero-order valence-corrected chi connectivity index (χ0v) is 12.6. The van der Waals surface area contributed by atoms with Gasteiger partial charge in [0, 0.05) is 7.11 Å². The molecule has 0 aliphatic heterocycles. The molecule has 22 heavy (non-hydrogen) atoms. The van der Waals surface area contributed by atoms with E-state index in [-0.39, 0.29) is 6.79 Å². The maximum absolute atomic E-state index is 8.78. The minimum absolute atomic E-state index is 0.177. The van der Waals surface area contributed by atoms with Gasteiger partial charge in [-0.3, -0.25) is 0 Å². The molecule has 0 atom stereocenters. The highest BCUT2D eigenvalue weighted by Gasteiger charge is 2.04. The number of nitriles is 1. The van der Waals surface area contributed by atoms with Crippen molar-refractivity contribution in [1.82, 2.24) is 0 Å². The van der Waals surface area contributed by atoms with Gasteiger partial charge in [-0.25, -0.2) is 0 Å². The largest absolute Gasteiger partial charge is 0.493 e. The normalized spacial score (nSPS) is 10.4. The molecular formula is C18H17NO3. The molecule has 2 rings (SSSR count). The van der Waals surface area contributed by atoms with E-state index in [4.69, 9.17) is 19.5 Å². The van der Waals surface area contributed by atoms with Crippen molar-refractivity contribution in [2.45, 2.75) is 0 Å². The van der Waals surface area contributed by atoms with Crippen LogP contribution in [0.3, 0.4) is 0 Å². The van der Waals surface area contributed by atoms with Gasteiger partial charge in [0.05, 0.1) is 18.7 Å². The molecule has 4 heteroatoms. The third-order valence-electron chi connectivity index (χ3n) is 3.03. The van der Waals surface area contributed by atoms with Gasteiger partial charge in [-0.1, -0.05) is 30.4 Å². The topological polar surface area (TPSA) is 51.5 Å². The maximum Gasteiger partial charge on any atom is 0.188 e. The van der Waals surface area contributed by atoms with E-state index in [1.807, 2.05) is 42.5 Å². The van der Waals surface area contributed by atoms with Crippen LogP contribution in [0.15, 0.2) is 42.5 Å². The van der Waals surface area contributed by atoms with E-state index in [0.717, 1.165) is 11.1 Å². The summed E-state index contributed by atoms with van der Waals surface area (Å²) in [5, 5.41) is 8.78. The average molecular weight is 295 g/mol. The molecule has 0 aromatic heterocycles. The summed E-state index contributed by atoms with van der Waals surface area (Å²) in [5.41, 5.74) is 2.67. The Morgan fingerprint density at radius 2 is 1.64 bits per heavy atom. The van der Waals surface area contributed by atoms with Crippen molar-refractivity contribution < 1.29 is 14.2 Å². The SMILES string of the molecule is COCOc1ccc(C=Cc2ccc(C#N)cc2)cc1OC. The van der Waals surface area contributed by atoms with Gasteiger partial charge in [-0.15, -0.1) is 0 Å². The molecule has 0 radical (unpaired) electrons. The summed E-state index contributed by atoms with van der Waals surface area (Å²) in [6.07, 6.45) is 3.95. The van der Waals surface area contributed by atoms with E-state index in [1.54, 1.807) is 26.4 Å². The molecule has 0 fully saturated rings. The first kappa shape index (κ1) is 15.6. The fourth-order valence-electron chi connectivity index (χ4n) is 1.89. The molecule has 0 aliphatic rings. The minimum Gasteiger partial charge on any atom is -0.493 e. The third-order valence-corrected chi connectivity index (χ3v) is 3.03. The smallest absolute Gasteiger partial charge is 0.188 e. The average Bonchev–Trinajstić information content (AvgIpc) is 2.58. The molecule has 0 saturated heterocycles. The van der Waals surface area contributed by atoms with E-state index < -0.39 is 0 Å². The fraction of sp³-hybridized carbons (Fsp3) is 0.167. The first-order valence-electron chi connectivity index (χ1n) is 6.75. The van der Waals surface area contributed by atoms with Crippen LogP contribution in [0, 0.1) is 11.3 Å². The van der Waals surface area contributed by atoms with E-state index in [9.17, 15) is 0 Å². The van der Waals surface area contributed by atoms with Gasteiger partial charge in [-0.2, -0.15) is 5.26 Å². The van der Waals surface area contributed by atoms with Crippen molar-refractivity contribution in [3.63, 3.8) is 0 Å². The van der Waals surface area contributed by atoms with Crippen LogP contribution in [0.5, 0.6) is 11.5 Å². The van der Waals surface area contributed by atoms with Crippen LogP contribution in [0.4, 0.5) is 0 Å². The zero-order valence-electron chi connectivity index (χ0n) is 12.6. The molecule has 0 heterocycles. The molecular weight excluding hydrogens is 278 g/mol. The summed E-state index contributed by atoms with van der Waals surface area (Å²) >= 11 is 0. The Balaban J connectivity index is 2.14. The van der Waals surface area contributed by atoms with Gasteiger partial charge in [0.15, 0.2) is 18.3 Å². The van der Waals surface area contributed by atoms with Crippen LogP contribution >= 0.6 is 0 Å². The van der Waals surface area contributed by atoms with Crippen molar-refractivity contribution in [3.05, 3.63) is 59.2 Å². The van der Waals surface area contributed by atoms with E-state index >= 15 is 0 Å². The number of ether oxygens (including phenoxy) is 3. The molecule has 0 saturated carbocycles. The van der Waals surface area contributed by atoms with Crippen molar-refractivity contribution >= 4 is 12.2 Å². The Morgan fingerprint density at radius 3 is 2.27 bits per heavy atom. The van der Waals surface area contributed by atoms with Crippen molar-refractivity contribution in [3.8, 4) is 17.6 Å². The molecule has 0 bridgehead atoms. The number of hydrogen-bond acceptors (Lipinski definition) is 4. The Kier molecular flexibility index (Phi) is 5.58. The predicted molar refractivity (Wildman–Crippen MR) is 85.6 cm³/mol. The van der Waals surface area contributed by atoms with Crippen LogP contribution in [0.1, 0.15) is 16.7 Å². The van der Waals surface area contributed by atoms with E-state index in [2.05, 4.69) is 6.07 Å². The number of hydrogen-bond donors (Lipinski definition) is 0. The third kappa shape index (κ3) is 4.11. The number of benzene rings is 2. The highest BCUT2D eigenvalue weighted by Crippen LogP contribution is 2.28. The second kappa shape index (κ2) is 7.87. The second-order valence-electron chi connectivity index (χ2n) is 4.53. The van der Waals surface area contributed by atoms with Crippen LogP contribution < -0.4 is 9.47 Å². The Labute approximate surface area is 130 Å². The second-order valence-corrected chi connectivity index (χ2v) is 4.53. The van der Waals surface area contributed by atoms with E-state index in [0.29, 0.717) is 17.1 Å². The Bertz CT molecular complexity index is 684. The molecule has 0 amide bonds. The summed E-state index contributed by atoms with van der Waals surface area (Å²) in [4.78, 5) is 0. The molecule has 0 aliphatic carbocycles. The van der Waals surface area contributed by atoms with Gasteiger partial charge in [0.25, 0.3) is 0 Å². The Morgan fingerprint density at radius 1 is 0.955 bits per heavy atom. The monoisotopic (exact) mass is 295 g/mol. The molecule has 112 valence electrons. The summed E-state index contributed by atoms with van der Waals surface area (Å²) in [6.45, 7) is 0.177. The van der Waals surface area contributed by atoms with Gasteiger partial charge >= 0.3 is 0 Å². The lowest BCUT2D eigenvalue weighted by molar-refractivity contribution is 0.0491.